The van der Waals surface area contributed by atoms with Crippen LogP contribution in [0.5, 0.6) is 0 Å². The molecule has 168 valence electrons. The van der Waals surface area contributed by atoms with Crippen LogP contribution in [0.25, 0.3) is 6.08 Å². The van der Waals surface area contributed by atoms with E-state index in [1.807, 2.05) is 40.6 Å². The van der Waals surface area contributed by atoms with Gasteiger partial charge in [0.25, 0.3) is 0 Å². The molecule has 2 aromatic carbocycles. The molecule has 1 aliphatic carbocycles. The Morgan fingerprint density at radius 2 is 1.82 bits per heavy atom. The summed E-state index contributed by atoms with van der Waals surface area (Å²) in [6, 6.07) is 18.0. The van der Waals surface area contributed by atoms with Gasteiger partial charge >= 0.3 is 0 Å². The van der Waals surface area contributed by atoms with Gasteiger partial charge in [-0.15, -0.1) is 11.3 Å². The van der Waals surface area contributed by atoms with Gasteiger partial charge in [-0.2, -0.15) is 0 Å². The lowest BCUT2D eigenvalue weighted by Gasteiger charge is -2.37. The molecule has 0 bridgehead atoms. The molecule has 6 heteroatoms. The van der Waals surface area contributed by atoms with Crippen molar-refractivity contribution in [1.82, 2.24) is 9.80 Å². The highest BCUT2D eigenvalue weighted by Gasteiger charge is 2.37. The topological polar surface area (TPSA) is 40.6 Å². The van der Waals surface area contributed by atoms with E-state index in [0.29, 0.717) is 6.54 Å². The largest absolute Gasteiger partial charge is 0.330 e. The number of thiophene rings is 1. The fourth-order valence-electron chi connectivity index (χ4n) is 4.43. The molecule has 1 atom stereocenters. The molecule has 1 unspecified atom stereocenters. The first-order chi connectivity index (χ1) is 16.1. The number of rotatable bonds is 6. The molecular formula is C27H25FN2O2S. The zero-order valence-electron chi connectivity index (χ0n) is 18.2. The minimum Gasteiger partial charge on any atom is -0.330 e. The molecule has 4 nitrogen and oxygen atoms in total. The first-order valence-electron chi connectivity index (χ1n) is 11.2. The molecule has 1 aliphatic heterocycles. The average Bonchev–Trinajstić information content (AvgIpc) is 3.57. The molecule has 0 spiro atoms. The van der Waals surface area contributed by atoms with E-state index in [4.69, 9.17) is 0 Å². The smallest absolute Gasteiger partial charge is 0.247 e. The van der Waals surface area contributed by atoms with Crippen molar-refractivity contribution >= 4 is 29.2 Å². The lowest BCUT2D eigenvalue weighted by molar-refractivity contribution is -0.140. The van der Waals surface area contributed by atoms with Gasteiger partial charge in [0.15, 0.2) is 0 Å². The number of hydrogen-bond acceptors (Lipinski definition) is 3. The second kappa shape index (κ2) is 9.32. The van der Waals surface area contributed by atoms with E-state index in [-0.39, 0.29) is 36.3 Å². The maximum absolute atomic E-state index is 13.6. The third-order valence-electron chi connectivity index (χ3n) is 6.27. The van der Waals surface area contributed by atoms with E-state index in [1.165, 1.54) is 17.0 Å². The van der Waals surface area contributed by atoms with Crippen LogP contribution in [0.15, 0.2) is 72.1 Å². The molecule has 0 radical (unpaired) electrons. The number of carbonyl (C=O) groups excluding carboxylic acids is 2. The van der Waals surface area contributed by atoms with Crippen molar-refractivity contribution in [1.29, 1.82) is 0 Å². The van der Waals surface area contributed by atoms with Crippen LogP contribution in [-0.4, -0.2) is 40.7 Å². The maximum Gasteiger partial charge on any atom is 0.247 e. The van der Waals surface area contributed by atoms with Gasteiger partial charge in [0.1, 0.15) is 12.4 Å². The standard InChI is InChI=1S/C27H25FN2O2S/c28-21-9-7-20(8-10-21)27-23-15-17-33-24(23)14-16-29(27)26(32)18-30(22-11-12-22)25(31)13-6-19-4-2-1-3-5-19/h1-10,13,15,17,22,27H,11-12,14,16,18H2. The Bertz CT molecular complexity index is 1170. The van der Waals surface area contributed by atoms with Crippen LogP contribution in [0.3, 0.4) is 0 Å². The third kappa shape index (κ3) is 4.76. The third-order valence-corrected chi connectivity index (χ3v) is 7.26. The number of benzene rings is 2. The van der Waals surface area contributed by atoms with Crippen molar-refractivity contribution in [3.63, 3.8) is 0 Å². The quantitative estimate of drug-likeness (QED) is 0.482. The zero-order valence-corrected chi connectivity index (χ0v) is 19.0. The summed E-state index contributed by atoms with van der Waals surface area (Å²) in [5, 5.41) is 2.05. The summed E-state index contributed by atoms with van der Waals surface area (Å²) >= 11 is 1.69. The average molecular weight is 461 g/mol. The Labute approximate surface area is 197 Å². The molecule has 2 amide bonds. The second-order valence-electron chi connectivity index (χ2n) is 8.53. The monoisotopic (exact) mass is 460 g/mol. The summed E-state index contributed by atoms with van der Waals surface area (Å²) in [5.41, 5.74) is 2.93. The van der Waals surface area contributed by atoms with Crippen LogP contribution >= 0.6 is 11.3 Å². The number of amides is 2. The minimum atomic E-state index is -0.298. The van der Waals surface area contributed by atoms with E-state index in [0.717, 1.165) is 36.0 Å². The molecule has 1 saturated carbocycles. The molecular weight excluding hydrogens is 435 g/mol. The highest BCUT2D eigenvalue weighted by molar-refractivity contribution is 7.10. The molecule has 1 aromatic heterocycles. The van der Waals surface area contributed by atoms with E-state index in [1.54, 1.807) is 40.5 Å². The van der Waals surface area contributed by atoms with Gasteiger partial charge in [-0.3, -0.25) is 9.59 Å². The second-order valence-corrected chi connectivity index (χ2v) is 9.53. The summed E-state index contributed by atoms with van der Waals surface area (Å²) in [7, 11) is 0. The Morgan fingerprint density at radius 3 is 2.55 bits per heavy atom. The first-order valence-corrected chi connectivity index (χ1v) is 12.1. The van der Waals surface area contributed by atoms with Gasteiger partial charge in [-0.05, 0) is 65.6 Å². The summed E-state index contributed by atoms with van der Waals surface area (Å²) in [4.78, 5) is 31.3. The molecule has 0 saturated heterocycles. The summed E-state index contributed by atoms with van der Waals surface area (Å²) in [5.74, 6) is -0.510. The number of nitrogens with zero attached hydrogens (tertiary/aromatic N) is 2. The molecule has 2 heterocycles. The summed E-state index contributed by atoms with van der Waals surface area (Å²) < 4.78 is 13.6. The SMILES string of the molecule is O=C(C=Cc1ccccc1)N(CC(=O)N1CCc2sccc2C1c1ccc(F)cc1)C1CC1. The van der Waals surface area contributed by atoms with Crippen LogP contribution in [-0.2, 0) is 16.0 Å². The summed E-state index contributed by atoms with van der Waals surface area (Å²) in [6.45, 7) is 0.640. The number of carbonyl (C=O) groups is 2. The van der Waals surface area contributed by atoms with Gasteiger partial charge < -0.3 is 9.80 Å². The van der Waals surface area contributed by atoms with Gasteiger partial charge in [0.05, 0.1) is 6.04 Å². The minimum absolute atomic E-state index is 0.0554. The fourth-order valence-corrected chi connectivity index (χ4v) is 5.33. The highest BCUT2D eigenvalue weighted by Crippen LogP contribution is 2.38. The number of hydrogen-bond donors (Lipinski definition) is 0. The number of halogens is 1. The molecule has 1 fully saturated rings. The maximum atomic E-state index is 13.6. The molecule has 0 N–H and O–H groups in total. The van der Waals surface area contributed by atoms with Crippen molar-refractivity contribution in [2.24, 2.45) is 0 Å². The van der Waals surface area contributed by atoms with E-state index in [9.17, 15) is 14.0 Å². The highest BCUT2D eigenvalue weighted by atomic mass is 32.1. The lowest BCUT2D eigenvalue weighted by Crippen LogP contribution is -2.47. The predicted molar refractivity (Wildman–Crippen MR) is 128 cm³/mol. The van der Waals surface area contributed by atoms with Crippen molar-refractivity contribution < 1.29 is 14.0 Å². The van der Waals surface area contributed by atoms with Crippen LogP contribution < -0.4 is 0 Å². The first kappa shape index (κ1) is 21.6. The van der Waals surface area contributed by atoms with E-state index >= 15 is 0 Å². The zero-order chi connectivity index (χ0) is 22.8. The van der Waals surface area contributed by atoms with Crippen molar-refractivity contribution in [2.45, 2.75) is 31.3 Å². The number of fused-ring (bicyclic) bond motifs is 1. The Balaban J connectivity index is 1.37. The Kier molecular flexibility index (Phi) is 6.09. The van der Waals surface area contributed by atoms with Gasteiger partial charge in [-0.1, -0.05) is 42.5 Å². The molecule has 3 aromatic rings. The Morgan fingerprint density at radius 1 is 1.06 bits per heavy atom. The summed E-state index contributed by atoms with van der Waals surface area (Å²) in [6.07, 6.45) is 6.00. The fraction of sp³-hybridized carbons (Fsp3) is 0.259. The van der Waals surface area contributed by atoms with Gasteiger partial charge in [0, 0.05) is 23.5 Å². The lowest BCUT2D eigenvalue weighted by atomic mass is 9.93. The normalized spacial score (nSPS) is 17.7. The molecule has 33 heavy (non-hydrogen) atoms. The van der Waals surface area contributed by atoms with Crippen LogP contribution in [0.4, 0.5) is 4.39 Å². The van der Waals surface area contributed by atoms with Crippen molar-refractivity contribution in [2.75, 3.05) is 13.1 Å². The van der Waals surface area contributed by atoms with Gasteiger partial charge in [-0.25, -0.2) is 4.39 Å². The Hall–Kier alpha value is -3.25. The van der Waals surface area contributed by atoms with Gasteiger partial charge in [0.2, 0.25) is 11.8 Å². The van der Waals surface area contributed by atoms with Crippen LogP contribution in [0, 0.1) is 5.82 Å². The van der Waals surface area contributed by atoms with E-state index < -0.39 is 0 Å². The molecule has 5 rings (SSSR count). The predicted octanol–water partition coefficient (Wildman–Crippen LogP) is 5.07. The van der Waals surface area contributed by atoms with Crippen LogP contribution in [0.2, 0.25) is 0 Å². The van der Waals surface area contributed by atoms with Crippen molar-refractivity contribution in [3.8, 4) is 0 Å². The van der Waals surface area contributed by atoms with E-state index in [2.05, 4.69) is 6.07 Å². The van der Waals surface area contributed by atoms with Crippen LogP contribution in [0.1, 0.15) is 40.5 Å². The molecule has 2 aliphatic rings. The van der Waals surface area contributed by atoms with Crippen molar-refractivity contribution in [3.05, 3.63) is 99.5 Å².